The lowest BCUT2D eigenvalue weighted by atomic mass is 10.2. The zero-order valence-corrected chi connectivity index (χ0v) is 10.8. The molecule has 5 heteroatoms. The van der Waals surface area contributed by atoms with Gasteiger partial charge in [-0.05, 0) is 29.2 Å². The molecular formula is C14H10N2O2S. The van der Waals surface area contributed by atoms with Gasteiger partial charge >= 0.3 is 5.97 Å². The molecule has 0 aliphatic heterocycles. The van der Waals surface area contributed by atoms with Gasteiger partial charge in [-0.3, -0.25) is 0 Å². The number of hydrogen-bond acceptors (Lipinski definition) is 5. The fraction of sp³-hybridized carbons (Fsp3) is 0.0714. The Balaban J connectivity index is 1.79. The van der Waals surface area contributed by atoms with E-state index in [9.17, 15) is 4.79 Å². The number of carbonyl (C=O) groups is 1. The Hall–Kier alpha value is -2.27. The highest BCUT2D eigenvalue weighted by Crippen LogP contribution is 2.21. The second-order valence-electron chi connectivity index (χ2n) is 3.99. The molecule has 1 aromatic heterocycles. The summed E-state index contributed by atoms with van der Waals surface area (Å²) in [6.45, 7) is 0.266. The van der Waals surface area contributed by atoms with E-state index in [1.807, 2.05) is 36.4 Å². The Bertz CT molecular complexity index is 710. The summed E-state index contributed by atoms with van der Waals surface area (Å²) in [5.74, 6) is -0.347. The molecule has 0 saturated heterocycles. The number of benzene rings is 2. The molecular weight excluding hydrogens is 260 g/mol. The molecule has 0 radical (unpaired) electrons. The molecule has 1 heterocycles. The lowest BCUT2D eigenvalue weighted by molar-refractivity contribution is 0.0475. The van der Waals surface area contributed by atoms with Gasteiger partial charge in [0.1, 0.15) is 12.1 Å². The number of carbonyl (C=O) groups excluding carboxylic acids is 1. The molecule has 0 unspecified atom stereocenters. The van der Waals surface area contributed by atoms with Crippen LogP contribution in [0.15, 0.2) is 48.5 Å². The van der Waals surface area contributed by atoms with Crippen LogP contribution in [0.3, 0.4) is 0 Å². The summed E-state index contributed by atoms with van der Waals surface area (Å²) in [4.78, 5) is 12.1. The standard InChI is InChI=1S/C14H10N2O2S/c17-14(18-9-10-5-2-1-3-6-10)11-7-4-8-12-13(11)19-16-15-12/h1-8H,9H2. The van der Waals surface area contributed by atoms with Gasteiger partial charge in [0.05, 0.1) is 10.3 Å². The van der Waals surface area contributed by atoms with Crippen molar-refractivity contribution in [1.29, 1.82) is 0 Å². The maximum atomic E-state index is 12.1. The second kappa shape index (κ2) is 5.16. The first-order valence-electron chi connectivity index (χ1n) is 5.77. The van der Waals surface area contributed by atoms with Gasteiger partial charge in [0, 0.05) is 0 Å². The van der Waals surface area contributed by atoms with Crippen LogP contribution in [0, 0.1) is 0 Å². The van der Waals surface area contributed by atoms with E-state index in [0.29, 0.717) is 5.56 Å². The summed E-state index contributed by atoms with van der Waals surface area (Å²) in [6, 6.07) is 14.9. The number of esters is 1. The first kappa shape index (κ1) is 11.8. The highest BCUT2D eigenvalue weighted by molar-refractivity contribution is 7.13. The molecule has 0 saturated carbocycles. The van der Waals surface area contributed by atoms with Gasteiger partial charge in [-0.25, -0.2) is 4.79 Å². The zero-order chi connectivity index (χ0) is 13.1. The number of fused-ring (bicyclic) bond motifs is 1. The highest BCUT2D eigenvalue weighted by atomic mass is 32.1. The van der Waals surface area contributed by atoms with E-state index in [1.54, 1.807) is 12.1 Å². The number of rotatable bonds is 3. The lowest BCUT2D eigenvalue weighted by Gasteiger charge is -2.05. The van der Waals surface area contributed by atoms with Crippen molar-refractivity contribution in [3.63, 3.8) is 0 Å². The number of nitrogens with zero attached hydrogens (tertiary/aromatic N) is 2. The van der Waals surface area contributed by atoms with Crippen LogP contribution in [0.1, 0.15) is 15.9 Å². The molecule has 0 amide bonds. The Morgan fingerprint density at radius 2 is 1.95 bits per heavy atom. The van der Waals surface area contributed by atoms with E-state index in [0.717, 1.165) is 15.8 Å². The molecule has 3 aromatic rings. The molecule has 3 rings (SSSR count). The first-order chi connectivity index (χ1) is 9.34. The Kier molecular flexibility index (Phi) is 3.20. The largest absolute Gasteiger partial charge is 0.457 e. The van der Waals surface area contributed by atoms with Gasteiger partial charge in [0.15, 0.2) is 0 Å². The molecule has 0 aliphatic rings. The maximum absolute atomic E-state index is 12.1. The van der Waals surface area contributed by atoms with E-state index >= 15 is 0 Å². The van der Waals surface area contributed by atoms with Crippen molar-refractivity contribution in [2.45, 2.75) is 6.61 Å². The molecule has 0 spiro atoms. The van der Waals surface area contributed by atoms with Crippen molar-refractivity contribution in [3.05, 3.63) is 59.7 Å². The highest BCUT2D eigenvalue weighted by Gasteiger charge is 2.13. The molecule has 19 heavy (non-hydrogen) atoms. The van der Waals surface area contributed by atoms with Gasteiger partial charge < -0.3 is 4.74 Å². The predicted molar refractivity (Wildman–Crippen MR) is 73.0 cm³/mol. The predicted octanol–water partition coefficient (Wildman–Crippen LogP) is 3.05. The first-order valence-corrected chi connectivity index (χ1v) is 6.54. The molecule has 0 fully saturated rings. The third-order valence-corrected chi connectivity index (χ3v) is 3.48. The van der Waals surface area contributed by atoms with Gasteiger partial charge in [0.2, 0.25) is 0 Å². The molecule has 0 aliphatic carbocycles. The van der Waals surface area contributed by atoms with Crippen molar-refractivity contribution in [1.82, 2.24) is 9.59 Å². The van der Waals surface area contributed by atoms with Gasteiger partial charge in [-0.15, -0.1) is 5.10 Å². The minimum atomic E-state index is -0.347. The lowest BCUT2D eigenvalue weighted by Crippen LogP contribution is -2.05. The van der Waals surface area contributed by atoms with E-state index in [-0.39, 0.29) is 12.6 Å². The fourth-order valence-corrected chi connectivity index (χ4v) is 2.43. The van der Waals surface area contributed by atoms with Crippen LogP contribution in [0.5, 0.6) is 0 Å². The summed E-state index contributed by atoms with van der Waals surface area (Å²) < 4.78 is 9.91. The average Bonchev–Trinajstić information content (AvgIpc) is 2.94. The van der Waals surface area contributed by atoms with E-state index in [4.69, 9.17) is 4.74 Å². The van der Waals surface area contributed by atoms with Crippen LogP contribution in [-0.4, -0.2) is 15.6 Å². The third-order valence-electron chi connectivity index (χ3n) is 2.71. The quantitative estimate of drug-likeness (QED) is 0.686. The monoisotopic (exact) mass is 270 g/mol. The third kappa shape index (κ3) is 2.46. The van der Waals surface area contributed by atoms with Gasteiger partial charge in [0.25, 0.3) is 0 Å². The average molecular weight is 270 g/mol. The second-order valence-corrected chi connectivity index (χ2v) is 4.74. The zero-order valence-electron chi connectivity index (χ0n) is 9.95. The number of hydrogen-bond donors (Lipinski definition) is 0. The van der Waals surface area contributed by atoms with Crippen molar-refractivity contribution in [2.24, 2.45) is 0 Å². The Morgan fingerprint density at radius 3 is 2.79 bits per heavy atom. The van der Waals surface area contributed by atoms with Crippen molar-refractivity contribution in [2.75, 3.05) is 0 Å². The molecule has 0 bridgehead atoms. The van der Waals surface area contributed by atoms with Crippen LogP contribution in [0.4, 0.5) is 0 Å². The molecule has 2 aromatic carbocycles. The van der Waals surface area contributed by atoms with Crippen LogP contribution in [-0.2, 0) is 11.3 Å². The van der Waals surface area contributed by atoms with Crippen molar-refractivity contribution in [3.8, 4) is 0 Å². The smallest absolute Gasteiger partial charge is 0.340 e. The Labute approximate surface area is 113 Å². The molecule has 4 nitrogen and oxygen atoms in total. The van der Waals surface area contributed by atoms with Crippen LogP contribution >= 0.6 is 11.5 Å². The fourth-order valence-electron chi connectivity index (χ4n) is 1.77. The van der Waals surface area contributed by atoms with Crippen LogP contribution in [0.25, 0.3) is 10.2 Å². The molecule has 0 atom stereocenters. The Morgan fingerprint density at radius 1 is 1.11 bits per heavy atom. The van der Waals surface area contributed by atoms with Crippen molar-refractivity contribution < 1.29 is 9.53 Å². The summed E-state index contributed by atoms with van der Waals surface area (Å²) in [5, 5.41) is 3.94. The van der Waals surface area contributed by atoms with Crippen molar-refractivity contribution >= 4 is 27.7 Å². The van der Waals surface area contributed by atoms with Crippen LogP contribution in [0.2, 0.25) is 0 Å². The summed E-state index contributed by atoms with van der Waals surface area (Å²) in [5.41, 5.74) is 2.20. The van der Waals surface area contributed by atoms with E-state index in [1.165, 1.54) is 11.5 Å². The SMILES string of the molecule is O=C(OCc1ccccc1)c1cccc2nnsc12. The number of aromatic nitrogens is 2. The van der Waals surface area contributed by atoms with E-state index < -0.39 is 0 Å². The normalized spacial score (nSPS) is 10.5. The summed E-state index contributed by atoms with van der Waals surface area (Å²) in [7, 11) is 0. The minimum absolute atomic E-state index is 0.266. The minimum Gasteiger partial charge on any atom is -0.457 e. The van der Waals surface area contributed by atoms with Crippen LogP contribution < -0.4 is 0 Å². The summed E-state index contributed by atoms with van der Waals surface area (Å²) in [6.07, 6.45) is 0. The summed E-state index contributed by atoms with van der Waals surface area (Å²) >= 11 is 1.20. The number of ether oxygens (including phenoxy) is 1. The topological polar surface area (TPSA) is 52.1 Å². The van der Waals surface area contributed by atoms with Gasteiger partial charge in [-0.2, -0.15) is 0 Å². The maximum Gasteiger partial charge on any atom is 0.340 e. The van der Waals surface area contributed by atoms with Gasteiger partial charge in [-0.1, -0.05) is 40.9 Å². The van der Waals surface area contributed by atoms with E-state index in [2.05, 4.69) is 9.59 Å². The molecule has 94 valence electrons. The molecule has 0 N–H and O–H groups in total.